The zero-order valence-electron chi connectivity index (χ0n) is 16.2. The Balaban J connectivity index is 1.80. The van der Waals surface area contributed by atoms with Gasteiger partial charge in [0.15, 0.2) is 0 Å². The third-order valence-electron chi connectivity index (χ3n) is 4.82. The van der Waals surface area contributed by atoms with Crippen LogP contribution >= 0.6 is 11.8 Å². The smallest absolute Gasteiger partial charge is 0.198 e. The van der Waals surface area contributed by atoms with E-state index in [4.69, 9.17) is 0 Å². The van der Waals surface area contributed by atoms with Crippen LogP contribution in [0.3, 0.4) is 0 Å². The van der Waals surface area contributed by atoms with Crippen molar-refractivity contribution in [3.8, 4) is 28.5 Å². The van der Waals surface area contributed by atoms with Gasteiger partial charge < -0.3 is 0 Å². The van der Waals surface area contributed by atoms with Crippen molar-refractivity contribution >= 4 is 11.8 Å². The second kappa shape index (κ2) is 8.77. The summed E-state index contributed by atoms with van der Waals surface area (Å²) in [4.78, 5) is 3.51. The molecule has 0 aliphatic heterocycles. The number of nitriles is 1. The predicted molar refractivity (Wildman–Crippen MR) is 119 cm³/mol. The zero-order valence-corrected chi connectivity index (χ0v) is 17.0. The van der Waals surface area contributed by atoms with Gasteiger partial charge in [0.1, 0.15) is 11.6 Å². The molecule has 0 saturated heterocycles. The van der Waals surface area contributed by atoms with Gasteiger partial charge in [0.2, 0.25) is 5.69 Å². The van der Waals surface area contributed by atoms with E-state index >= 15 is 0 Å². The molecule has 1 aromatic heterocycles. The molecule has 0 spiro atoms. The van der Waals surface area contributed by atoms with Crippen LogP contribution in [0, 0.1) is 18.3 Å². The molecule has 4 rings (SSSR count). The van der Waals surface area contributed by atoms with E-state index in [1.54, 1.807) is 11.8 Å². The normalized spacial score (nSPS) is 10.5. The number of aryl methyl sites for hydroxylation is 1. The highest BCUT2D eigenvalue weighted by atomic mass is 32.2. The van der Waals surface area contributed by atoms with Crippen molar-refractivity contribution in [3.63, 3.8) is 0 Å². The van der Waals surface area contributed by atoms with E-state index in [-0.39, 0.29) is 0 Å². The molecular formula is C26H21N2S+. The summed E-state index contributed by atoms with van der Waals surface area (Å²) in [5.41, 5.74) is 7.29. The molecule has 0 bridgehead atoms. The number of rotatable bonds is 5. The Morgan fingerprint density at radius 1 is 0.828 bits per heavy atom. The largest absolute Gasteiger partial charge is 0.257 e. The Morgan fingerprint density at radius 3 is 2.07 bits per heavy atom. The first-order valence-electron chi connectivity index (χ1n) is 9.54. The molecule has 4 aromatic rings. The molecule has 0 aliphatic rings. The number of nitrogens with one attached hydrogen (secondary N) is 1. The van der Waals surface area contributed by atoms with Crippen LogP contribution in [0.15, 0.2) is 96.0 Å². The molecule has 0 atom stereocenters. The van der Waals surface area contributed by atoms with Crippen LogP contribution < -0.4 is 4.98 Å². The molecule has 2 nitrogen and oxygen atoms in total. The minimum atomic E-state index is 0.688. The molecule has 1 heterocycles. The van der Waals surface area contributed by atoms with Crippen LogP contribution in [0.1, 0.15) is 16.7 Å². The highest BCUT2D eigenvalue weighted by Gasteiger charge is 2.21. The minimum Gasteiger partial charge on any atom is -0.198 e. The number of nitrogens with zero attached hydrogens (tertiary/aromatic N) is 1. The fourth-order valence-electron chi connectivity index (χ4n) is 3.24. The number of aromatic nitrogens is 1. The molecule has 3 aromatic carbocycles. The summed E-state index contributed by atoms with van der Waals surface area (Å²) in [5.74, 6) is 0.804. The Labute approximate surface area is 175 Å². The fraction of sp³-hybridized carbons (Fsp3) is 0.0769. The number of benzene rings is 3. The maximum Gasteiger partial charge on any atom is 0.257 e. The van der Waals surface area contributed by atoms with Crippen molar-refractivity contribution < 1.29 is 4.98 Å². The predicted octanol–water partition coefficient (Wildman–Crippen LogP) is 6.31. The summed E-state index contributed by atoms with van der Waals surface area (Å²) in [6, 6.07) is 33.4. The maximum absolute atomic E-state index is 9.97. The van der Waals surface area contributed by atoms with E-state index in [1.807, 2.05) is 36.4 Å². The Hall–Kier alpha value is -3.35. The first kappa shape index (κ1) is 19.0. The van der Waals surface area contributed by atoms with Crippen molar-refractivity contribution in [3.05, 3.63) is 108 Å². The summed E-state index contributed by atoms with van der Waals surface area (Å²) >= 11 is 1.67. The second-order valence-corrected chi connectivity index (χ2v) is 7.90. The number of thioether (sulfide) groups is 1. The number of aromatic amines is 1. The average Bonchev–Trinajstić information content (AvgIpc) is 2.79. The number of pyridine rings is 1. The van der Waals surface area contributed by atoms with Gasteiger partial charge in [-0.15, -0.1) is 0 Å². The third kappa shape index (κ3) is 4.39. The lowest BCUT2D eigenvalue weighted by molar-refractivity contribution is -0.414. The van der Waals surface area contributed by atoms with E-state index in [0.29, 0.717) is 5.56 Å². The molecule has 0 fully saturated rings. The Morgan fingerprint density at radius 2 is 1.45 bits per heavy atom. The summed E-state index contributed by atoms with van der Waals surface area (Å²) in [6.45, 7) is 2.09. The first-order valence-corrected chi connectivity index (χ1v) is 10.5. The summed E-state index contributed by atoms with van der Waals surface area (Å²) in [5, 5.41) is 10.9. The lowest BCUT2D eigenvalue weighted by atomic mass is 9.99. The maximum atomic E-state index is 9.97. The van der Waals surface area contributed by atoms with Crippen LogP contribution in [-0.4, -0.2) is 0 Å². The van der Waals surface area contributed by atoms with E-state index < -0.39 is 0 Å². The molecular weight excluding hydrogens is 372 g/mol. The van der Waals surface area contributed by atoms with Crippen LogP contribution in [0.5, 0.6) is 0 Å². The average molecular weight is 394 g/mol. The van der Waals surface area contributed by atoms with Gasteiger partial charge in [-0.2, -0.15) is 10.2 Å². The zero-order chi connectivity index (χ0) is 20.1. The topological polar surface area (TPSA) is 37.9 Å². The fourth-order valence-corrected chi connectivity index (χ4v) is 4.22. The standard InChI is InChI=1S/C26H20N2S/c1-19-12-14-20(15-13-19)18-29-26-24(17-27)23(21-8-4-2-5-9-21)16-25(28-26)22-10-6-3-7-11-22/h2-16H,18H2,1H3/p+1. The summed E-state index contributed by atoms with van der Waals surface area (Å²) in [6.07, 6.45) is 0. The molecule has 1 N–H and O–H groups in total. The minimum absolute atomic E-state index is 0.688. The van der Waals surface area contributed by atoms with Gasteiger partial charge in [0, 0.05) is 22.9 Å². The molecule has 3 heteroatoms. The van der Waals surface area contributed by atoms with Gasteiger partial charge in [-0.1, -0.05) is 90.1 Å². The molecule has 0 saturated carbocycles. The van der Waals surface area contributed by atoms with E-state index in [2.05, 4.69) is 72.6 Å². The molecule has 0 unspecified atom stereocenters. The van der Waals surface area contributed by atoms with E-state index in [0.717, 1.165) is 33.2 Å². The van der Waals surface area contributed by atoms with Crippen molar-refractivity contribution in [2.45, 2.75) is 17.7 Å². The molecule has 140 valence electrons. The van der Waals surface area contributed by atoms with Gasteiger partial charge in [0.25, 0.3) is 5.03 Å². The van der Waals surface area contributed by atoms with E-state index in [1.165, 1.54) is 11.1 Å². The van der Waals surface area contributed by atoms with Gasteiger partial charge >= 0.3 is 0 Å². The van der Waals surface area contributed by atoms with E-state index in [9.17, 15) is 5.26 Å². The van der Waals surface area contributed by atoms with Gasteiger partial charge in [0.05, 0.1) is 0 Å². The van der Waals surface area contributed by atoms with Crippen molar-refractivity contribution in [2.24, 2.45) is 0 Å². The summed E-state index contributed by atoms with van der Waals surface area (Å²) < 4.78 is 0. The Kier molecular flexibility index (Phi) is 5.74. The molecule has 0 amide bonds. The second-order valence-electron chi connectivity index (χ2n) is 6.92. The third-order valence-corrected chi connectivity index (χ3v) is 5.89. The first-order chi connectivity index (χ1) is 14.2. The monoisotopic (exact) mass is 393 g/mol. The molecule has 29 heavy (non-hydrogen) atoms. The number of H-pyrrole nitrogens is 1. The highest BCUT2D eigenvalue weighted by Crippen LogP contribution is 2.33. The van der Waals surface area contributed by atoms with Gasteiger partial charge in [-0.05, 0) is 30.2 Å². The van der Waals surface area contributed by atoms with Crippen LogP contribution in [-0.2, 0) is 5.75 Å². The SMILES string of the molecule is Cc1ccc(CSc2[nH+]c(-c3ccccc3)cc(-c3ccccc3)c2C#N)cc1. The van der Waals surface area contributed by atoms with Crippen LogP contribution in [0.25, 0.3) is 22.4 Å². The highest BCUT2D eigenvalue weighted by molar-refractivity contribution is 7.98. The number of hydrogen-bond donors (Lipinski definition) is 0. The molecule has 0 radical (unpaired) electrons. The van der Waals surface area contributed by atoms with Crippen molar-refractivity contribution in [1.82, 2.24) is 0 Å². The van der Waals surface area contributed by atoms with Gasteiger partial charge in [-0.3, -0.25) is 0 Å². The lowest BCUT2D eigenvalue weighted by Crippen LogP contribution is -2.14. The lowest BCUT2D eigenvalue weighted by Gasteiger charge is -2.08. The quantitative estimate of drug-likeness (QED) is 0.373. The van der Waals surface area contributed by atoms with Crippen LogP contribution in [0.4, 0.5) is 0 Å². The summed E-state index contributed by atoms with van der Waals surface area (Å²) in [7, 11) is 0. The van der Waals surface area contributed by atoms with Crippen molar-refractivity contribution in [1.29, 1.82) is 5.26 Å². The number of hydrogen-bond acceptors (Lipinski definition) is 2. The van der Waals surface area contributed by atoms with Gasteiger partial charge in [-0.25, -0.2) is 0 Å². The van der Waals surface area contributed by atoms with Crippen molar-refractivity contribution in [2.75, 3.05) is 0 Å². The van der Waals surface area contributed by atoms with Crippen LogP contribution in [0.2, 0.25) is 0 Å². The Bertz CT molecular complexity index is 1150. The molecule has 0 aliphatic carbocycles.